The molecule has 144 valence electrons. The summed E-state index contributed by atoms with van der Waals surface area (Å²) in [6.07, 6.45) is 0.383. The summed E-state index contributed by atoms with van der Waals surface area (Å²) in [6, 6.07) is 22.8. The fourth-order valence-corrected chi connectivity index (χ4v) is 3.60. The number of aromatic amines is 1. The van der Waals surface area contributed by atoms with Gasteiger partial charge in [0, 0.05) is 23.2 Å². The van der Waals surface area contributed by atoms with Gasteiger partial charge in [0.1, 0.15) is 0 Å². The number of fused-ring (bicyclic) bond motifs is 1. The molecule has 0 bridgehead atoms. The Kier molecular flexibility index (Phi) is 4.96. The van der Waals surface area contributed by atoms with Crippen LogP contribution in [0.15, 0.2) is 82.4 Å². The molecule has 1 heterocycles. The quantitative estimate of drug-likeness (QED) is 0.536. The second-order valence-electron chi connectivity index (χ2n) is 7.02. The highest BCUT2D eigenvalue weighted by molar-refractivity contribution is 5.95. The number of ketones is 1. The van der Waals surface area contributed by atoms with Crippen molar-refractivity contribution in [2.24, 2.45) is 0 Å². The summed E-state index contributed by atoms with van der Waals surface area (Å²) < 4.78 is 1.38. The Bertz CT molecular complexity index is 1310. The monoisotopic (exact) mass is 384 g/mol. The molecule has 4 rings (SSSR count). The van der Waals surface area contributed by atoms with Crippen LogP contribution in [0.25, 0.3) is 10.8 Å². The van der Waals surface area contributed by atoms with Crippen molar-refractivity contribution in [2.45, 2.75) is 19.9 Å². The van der Waals surface area contributed by atoms with E-state index in [-0.39, 0.29) is 12.3 Å². The summed E-state index contributed by atoms with van der Waals surface area (Å²) in [7, 11) is 0. The van der Waals surface area contributed by atoms with Gasteiger partial charge >= 0.3 is 5.69 Å². The van der Waals surface area contributed by atoms with Gasteiger partial charge in [0.25, 0.3) is 5.56 Å². The summed E-state index contributed by atoms with van der Waals surface area (Å²) in [5.74, 6) is -0.182. The molecule has 1 N–H and O–H groups in total. The van der Waals surface area contributed by atoms with Gasteiger partial charge < -0.3 is 0 Å². The summed E-state index contributed by atoms with van der Waals surface area (Å²) in [4.78, 5) is 39.9. The van der Waals surface area contributed by atoms with E-state index in [1.165, 1.54) is 4.57 Å². The van der Waals surface area contributed by atoms with Crippen LogP contribution in [0, 0.1) is 6.92 Å². The molecule has 0 spiro atoms. The Morgan fingerprint density at radius 3 is 2.38 bits per heavy atom. The molecule has 0 amide bonds. The molecule has 0 fully saturated rings. The molecule has 5 nitrogen and oxygen atoms in total. The smallest absolute Gasteiger partial charge is 0.292 e. The number of hydrogen-bond acceptors (Lipinski definition) is 3. The van der Waals surface area contributed by atoms with E-state index >= 15 is 0 Å². The van der Waals surface area contributed by atoms with Crippen molar-refractivity contribution in [3.05, 3.63) is 116 Å². The number of benzene rings is 3. The van der Waals surface area contributed by atoms with Crippen LogP contribution < -0.4 is 11.2 Å². The first-order valence-electron chi connectivity index (χ1n) is 9.42. The van der Waals surface area contributed by atoms with E-state index in [0.717, 1.165) is 16.3 Å². The predicted molar refractivity (Wildman–Crippen MR) is 114 cm³/mol. The van der Waals surface area contributed by atoms with Crippen molar-refractivity contribution >= 4 is 16.6 Å². The molecule has 0 atom stereocenters. The maximum absolute atomic E-state index is 12.7. The summed E-state index contributed by atoms with van der Waals surface area (Å²) in [5, 5.41) is 2.14. The molecule has 0 aliphatic heterocycles. The third-order valence-electron chi connectivity index (χ3n) is 5.20. The number of H-pyrrole nitrogens is 1. The van der Waals surface area contributed by atoms with Gasteiger partial charge in [-0.25, -0.2) is 4.79 Å². The van der Waals surface area contributed by atoms with E-state index in [2.05, 4.69) is 4.98 Å². The molecular formula is C24H20N2O3. The van der Waals surface area contributed by atoms with Crippen LogP contribution in [0.3, 0.4) is 0 Å². The van der Waals surface area contributed by atoms with Crippen LogP contribution >= 0.6 is 0 Å². The van der Waals surface area contributed by atoms with Crippen molar-refractivity contribution in [3.63, 3.8) is 0 Å². The maximum Gasteiger partial charge on any atom is 0.328 e. The molecule has 0 unspecified atom stereocenters. The van der Waals surface area contributed by atoms with Gasteiger partial charge in [0.2, 0.25) is 0 Å². The number of aromatic nitrogens is 2. The van der Waals surface area contributed by atoms with Gasteiger partial charge in [-0.2, -0.15) is 0 Å². The summed E-state index contributed by atoms with van der Waals surface area (Å²) >= 11 is 0. The fourth-order valence-electron chi connectivity index (χ4n) is 3.60. The highest BCUT2D eigenvalue weighted by atomic mass is 16.2. The van der Waals surface area contributed by atoms with Crippen molar-refractivity contribution in [2.75, 3.05) is 0 Å². The minimum atomic E-state index is -0.569. The van der Waals surface area contributed by atoms with Gasteiger partial charge in [-0.1, -0.05) is 72.8 Å². The van der Waals surface area contributed by atoms with E-state index in [9.17, 15) is 14.4 Å². The molecule has 0 saturated heterocycles. The lowest BCUT2D eigenvalue weighted by atomic mass is 9.99. The van der Waals surface area contributed by atoms with Crippen molar-refractivity contribution in [1.29, 1.82) is 0 Å². The lowest BCUT2D eigenvalue weighted by Gasteiger charge is -2.15. The summed E-state index contributed by atoms with van der Waals surface area (Å²) in [5.41, 5.74) is 1.53. The van der Waals surface area contributed by atoms with E-state index in [1.54, 1.807) is 31.2 Å². The summed E-state index contributed by atoms with van der Waals surface area (Å²) in [6.45, 7) is 1.56. The first-order chi connectivity index (χ1) is 14.0. The molecule has 5 heteroatoms. The van der Waals surface area contributed by atoms with Crippen LogP contribution in [0.2, 0.25) is 0 Å². The van der Waals surface area contributed by atoms with Gasteiger partial charge in [-0.3, -0.25) is 19.1 Å². The highest BCUT2D eigenvalue weighted by Crippen LogP contribution is 2.21. The molecule has 0 radical (unpaired) electrons. The third kappa shape index (κ3) is 3.67. The zero-order chi connectivity index (χ0) is 20.4. The molecule has 1 aromatic heterocycles. The number of rotatable bonds is 5. The highest BCUT2D eigenvalue weighted by Gasteiger charge is 2.16. The van der Waals surface area contributed by atoms with Crippen LogP contribution in [0.4, 0.5) is 0 Å². The predicted octanol–water partition coefficient (Wildman–Crippen LogP) is 3.47. The minimum absolute atomic E-state index is 0.124. The van der Waals surface area contributed by atoms with Crippen molar-refractivity contribution in [1.82, 2.24) is 9.55 Å². The number of carbonyl (C=O) groups excluding carboxylic acids is 1. The molecule has 4 aromatic rings. The van der Waals surface area contributed by atoms with Crippen molar-refractivity contribution < 1.29 is 4.79 Å². The first-order valence-corrected chi connectivity index (χ1v) is 9.42. The van der Waals surface area contributed by atoms with E-state index in [0.29, 0.717) is 23.2 Å². The van der Waals surface area contributed by atoms with E-state index < -0.39 is 11.2 Å². The zero-order valence-corrected chi connectivity index (χ0v) is 16.0. The average molecular weight is 384 g/mol. The Balaban J connectivity index is 1.81. The standard InChI is InChI=1S/C24H20N2O3/c1-16-21(14-19-12-7-11-17-8-5-6-13-20(17)19)26(24(29)25-23(16)28)15-22(27)18-9-3-2-4-10-18/h2-13H,14-15H2,1H3,(H,25,28,29). The average Bonchev–Trinajstić information content (AvgIpc) is 2.75. The second-order valence-corrected chi connectivity index (χ2v) is 7.02. The SMILES string of the molecule is Cc1c(Cc2cccc3ccccc23)n(CC(=O)c2ccccc2)c(=O)[nH]c1=O. The van der Waals surface area contributed by atoms with Gasteiger partial charge in [0.05, 0.1) is 6.54 Å². The topological polar surface area (TPSA) is 71.9 Å². The number of nitrogens with zero attached hydrogens (tertiary/aromatic N) is 1. The van der Waals surface area contributed by atoms with Gasteiger partial charge in [0.15, 0.2) is 5.78 Å². The number of nitrogens with one attached hydrogen (secondary N) is 1. The molecule has 0 aliphatic rings. The first kappa shape index (κ1) is 18.6. The zero-order valence-electron chi connectivity index (χ0n) is 16.0. The Morgan fingerprint density at radius 2 is 1.59 bits per heavy atom. The Hall–Kier alpha value is -3.73. The Morgan fingerprint density at radius 1 is 0.897 bits per heavy atom. The second kappa shape index (κ2) is 7.72. The van der Waals surface area contributed by atoms with Gasteiger partial charge in [-0.15, -0.1) is 0 Å². The number of carbonyl (C=O) groups is 1. The molecular weight excluding hydrogens is 364 g/mol. The lowest BCUT2D eigenvalue weighted by molar-refractivity contribution is 0.0969. The molecule has 0 aliphatic carbocycles. The van der Waals surface area contributed by atoms with E-state index in [4.69, 9.17) is 0 Å². The largest absolute Gasteiger partial charge is 0.328 e. The minimum Gasteiger partial charge on any atom is -0.292 e. The van der Waals surface area contributed by atoms with Crippen LogP contribution in [-0.2, 0) is 13.0 Å². The third-order valence-corrected chi connectivity index (χ3v) is 5.20. The molecule has 0 saturated carbocycles. The number of Topliss-reactive ketones (excluding diaryl/α,β-unsaturated/α-hetero) is 1. The number of hydrogen-bond donors (Lipinski definition) is 1. The Labute approximate surface area is 167 Å². The fraction of sp³-hybridized carbons (Fsp3) is 0.125. The van der Waals surface area contributed by atoms with Gasteiger partial charge in [-0.05, 0) is 23.3 Å². The van der Waals surface area contributed by atoms with Crippen molar-refractivity contribution in [3.8, 4) is 0 Å². The molecule has 29 heavy (non-hydrogen) atoms. The van der Waals surface area contributed by atoms with Crippen LogP contribution in [0.5, 0.6) is 0 Å². The van der Waals surface area contributed by atoms with E-state index in [1.807, 2.05) is 48.5 Å². The maximum atomic E-state index is 12.7. The van der Waals surface area contributed by atoms with Crippen LogP contribution in [-0.4, -0.2) is 15.3 Å². The van der Waals surface area contributed by atoms with Crippen LogP contribution in [0.1, 0.15) is 27.2 Å². The lowest BCUT2D eigenvalue weighted by Crippen LogP contribution is -2.36. The normalized spacial score (nSPS) is 10.9. The molecule has 3 aromatic carbocycles.